The molecule has 1 aliphatic heterocycles. The maximum atomic E-state index is 12.2. The summed E-state index contributed by atoms with van der Waals surface area (Å²) < 4.78 is 0. The number of nitrogens with one attached hydrogen (secondary N) is 1. The molecule has 22 heavy (non-hydrogen) atoms. The van der Waals surface area contributed by atoms with Crippen LogP contribution in [0.25, 0.3) is 0 Å². The minimum Gasteiger partial charge on any atom is -0.396 e. The lowest BCUT2D eigenvalue weighted by atomic mass is 9.95. The third-order valence-electron chi connectivity index (χ3n) is 4.40. The molecule has 1 aromatic carbocycles. The van der Waals surface area contributed by atoms with E-state index in [2.05, 4.69) is 10.2 Å². The number of unbranched alkanes of at least 4 members (excludes halogenated alkanes) is 2. The minimum absolute atomic E-state index is 0.164. The van der Waals surface area contributed by atoms with Crippen molar-refractivity contribution < 1.29 is 9.90 Å². The average Bonchev–Trinajstić information content (AvgIpc) is 2.58. The van der Waals surface area contributed by atoms with E-state index in [9.17, 15) is 4.79 Å². The highest BCUT2D eigenvalue weighted by molar-refractivity contribution is 5.78. The smallest absolute Gasteiger partial charge is 0.223 e. The van der Waals surface area contributed by atoms with Gasteiger partial charge in [-0.1, -0.05) is 30.3 Å². The maximum absolute atomic E-state index is 12.2. The quantitative estimate of drug-likeness (QED) is 0.724. The van der Waals surface area contributed by atoms with Crippen molar-refractivity contribution in [2.24, 2.45) is 5.92 Å². The van der Waals surface area contributed by atoms with E-state index in [1.54, 1.807) is 0 Å². The normalized spacial score (nSPS) is 16.6. The van der Waals surface area contributed by atoms with Gasteiger partial charge in [-0.05, 0) is 57.3 Å². The van der Waals surface area contributed by atoms with Crippen molar-refractivity contribution in [1.29, 1.82) is 0 Å². The molecule has 0 atom stereocenters. The molecule has 0 radical (unpaired) electrons. The molecule has 4 nitrogen and oxygen atoms in total. The summed E-state index contributed by atoms with van der Waals surface area (Å²) in [5.41, 5.74) is 1.15. The zero-order valence-corrected chi connectivity index (χ0v) is 13.3. The van der Waals surface area contributed by atoms with Crippen molar-refractivity contribution in [3.63, 3.8) is 0 Å². The molecule has 4 heteroatoms. The predicted octanol–water partition coefficient (Wildman–Crippen LogP) is 2.18. The summed E-state index contributed by atoms with van der Waals surface area (Å²) in [6.45, 7) is 4.05. The van der Waals surface area contributed by atoms with Crippen molar-refractivity contribution in [3.05, 3.63) is 35.9 Å². The van der Waals surface area contributed by atoms with E-state index < -0.39 is 0 Å². The Balaban J connectivity index is 1.62. The third-order valence-corrected chi connectivity index (χ3v) is 4.40. The molecule has 122 valence electrons. The van der Waals surface area contributed by atoms with Crippen molar-refractivity contribution in [1.82, 2.24) is 10.2 Å². The van der Waals surface area contributed by atoms with Gasteiger partial charge in [0.2, 0.25) is 5.91 Å². The molecule has 0 spiro atoms. The predicted molar refractivity (Wildman–Crippen MR) is 88.4 cm³/mol. The number of benzene rings is 1. The second-order valence-electron chi connectivity index (χ2n) is 6.10. The Bertz CT molecular complexity index is 428. The van der Waals surface area contributed by atoms with Crippen molar-refractivity contribution in [2.75, 3.05) is 26.2 Å². The Morgan fingerprint density at radius 3 is 2.55 bits per heavy atom. The zero-order chi connectivity index (χ0) is 15.6. The highest BCUT2D eigenvalue weighted by Crippen LogP contribution is 2.18. The number of carbonyl (C=O) groups excluding carboxylic acids is 1. The number of nitrogens with zero attached hydrogens (tertiary/aromatic N) is 1. The van der Waals surface area contributed by atoms with Gasteiger partial charge in [-0.3, -0.25) is 4.79 Å². The number of aliphatic hydroxyl groups is 1. The van der Waals surface area contributed by atoms with Gasteiger partial charge < -0.3 is 15.3 Å². The van der Waals surface area contributed by atoms with Gasteiger partial charge in [-0.25, -0.2) is 0 Å². The lowest BCUT2D eigenvalue weighted by Gasteiger charge is -2.31. The number of likely N-dealkylation sites (tertiary alicyclic amines) is 1. The maximum Gasteiger partial charge on any atom is 0.223 e. The molecular weight excluding hydrogens is 276 g/mol. The number of hydrogen-bond acceptors (Lipinski definition) is 3. The Kier molecular flexibility index (Phi) is 7.40. The molecule has 1 aromatic rings. The second-order valence-corrected chi connectivity index (χ2v) is 6.10. The largest absolute Gasteiger partial charge is 0.396 e. The van der Waals surface area contributed by atoms with Crippen molar-refractivity contribution in [2.45, 2.75) is 38.6 Å². The summed E-state index contributed by atoms with van der Waals surface area (Å²) in [6.07, 6.45) is 5.05. The SMILES string of the molecule is O=C(NCc1ccccc1)C1CCN(CCCCCO)CC1. The van der Waals surface area contributed by atoms with E-state index in [1.165, 1.54) is 0 Å². The zero-order valence-electron chi connectivity index (χ0n) is 13.3. The molecule has 0 bridgehead atoms. The molecule has 1 fully saturated rings. The summed E-state index contributed by atoms with van der Waals surface area (Å²) in [6, 6.07) is 10.1. The molecule has 0 saturated carbocycles. The van der Waals surface area contributed by atoms with Gasteiger partial charge in [-0.2, -0.15) is 0 Å². The van der Waals surface area contributed by atoms with Gasteiger partial charge >= 0.3 is 0 Å². The van der Waals surface area contributed by atoms with Crippen LogP contribution in [-0.2, 0) is 11.3 Å². The lowest BCUT2D eigenvalue weighted by molar-refractivity contribution is -0.126. The Labute approximate surface area is 133 Å². The molecule has 1 heterocycles. The van der Waals surface area contributed by atoms with E-state index in [4.69, 9.17) is 5.11 Å². The lowest BCUT2D eigenvalue weighted by Crippen LogP contribution is -2.40. The van der Waals surface area contributed by atoms with Crippen LogP contribution in [0.4, 0.5) is 0 Å². The molecule has 1 amide bonds. The molecule has 0 aliphatic carbocycles. The molecule has 0 aromatic heterocycles. The number of piperidine rings is 1. The molecular formula is C18H28N2O2. The number of amides is 1. The number of carbonyl (C=O) groups is 1. The van der Waals surface area contributed by atoms with Crippen LogP contribution >= 0.6 is 0 Å². The van der Waals surface area contributed by atoms with Gasteiger partial charge in [-0.15, -0.1) is 0 Å². The van der Waals surface area contributed by atoms with E-state index in [0.717, 1.165) is 57.3 Å². The molecule has 2 rings (SSSR count). The first-order valence-corrected chi connectivity index (χ1v) is 8.44. The summed E-state index contributed by atoms with van der Waals surface area (Å²) >= 11 is 0. The first-order valence-electron chi connectivity index (χ1n) is 8.44. The fourth-order valence-corrected chi connectivity index (χ4v) is 2.97. The minimum atomic E-state index is 0.164. The van der Waals surface area contributed by atoms with Gasteiger partial charge in [0.05, 0.1) is 0 Å². The monoisotopic (exact) mass is 304 g/mol. The summed E-state index contributed by atoms with van der Waals surface area (Å²) in [4.78, 5) is 14.7. The van der Waals surface area contributed by atoms with E-state index in [-0.39, 0.29) is 11.8 Å². The van der Waals surface area contributed by atoms with Gasteiger partial charge in [0, 0.05) is 19.1 Å². The Morgan fingerprint density at radius 1 is 1.14 bits per heavy atom. The van der Waals surface area contributed by atoms with Crippen molar-refractivity contribution in [3.8, 4) is 0 Å². The topological polar surface area (TPSA) is 52.6 Å². The Hall–Kier alpha value is -1.39. The van der Waals surface area contributed by atoms with Crippen molar-refractivity contribution >= 4 is 5.91 Å². The highest BCUT2D eigenvalue weighted by atomic mass is 16.2. The van der Waals surface area contributed by atoms with Crippen LogP contribution in [0.15, 0.2) is 30.3 Å². The fraction of sp³-hybridized carbons (Fsp3) is 0.611. The standard InChI is InChI=1S/C18H28N2O2/c21-14-6-2-5-11-20-12-9-17(10-13-20)18(22)19-15-16-7-3-1-4-8-16/h1,3-4,7-8,17,21H,2,5-6,9-15H2,(H,19,22). The van der Waals surface area contributed by atoms with E-state index >= 15 is 0 Å². The van der Waals surface area contributed by atoms with Crippen LogP contribution in [0.1, 0.15) is 37.7 Å². The van der Waals surface area contributed by atoms with Crippen LogP contribution < -0.4 is 5.32 Å². The van der Waals surface area contributed by atoms with E-state index in [0.29, 0.717) is 13.2 Å². The number of rotatable bonds is 8. The summed E-state index contributed by atoms with van der Waals surface area (Å²) in [5.74, 6) is 0.362. The van der Waals surface area contributed by atoms with Gasteiger partial charge in [0.25, 0.3) is 0 Å². The number of aliphatic hydroxyl groups excluding tert-OH is 1. The Morgan fingerprint density at radius 2 is 1.86 bits per heavy atom. The van der Waals surface area contributed by atoms with E-state index in [1.807, 2.05) is 30.3 Å². The third kappa shape index (κ3) is 5.78. The van der Waals surface area contributed by atoms with Crippen LogP contribution in [0.2, 0.25) is 0 Å². The second kappa shape index (κ2) is 9.59. The highest BCUT2D eigenvalue weighted by Gasteiger charge is 2.24. The molecule has 1 aliphatic rings. The van der Waals surface area contributed by atoms with Crippen LogP contribution in [-0.4, -0.2) is 42.2 Å². The molecule has 1 saturated heterocycles. The molecule has 2 N–H and O–H groups in total. The summed E-state index contributed by atoms with van der Waals surface area (Å²) in [5, 5.41) is 11.8. The van der Waals surface area contributed by atoms with Gasteiger partial charge in [0.1, 0.15) is 0 Å². The summed E-state index contributed by atoms with van der Waals surface area (Å²) in [7, 11) is 0. The van der Waals surface area contributed by atoms with Crippen LogP contribution in [0.5, 0.6) is 0 Å². The molecule has 0 unspecified atom stereocenters. The number of hydrogen-bond donors (Lipinski definition) is 2. The van der Waals surface area contributed by atoms with Gasteiger partial charge in [0.15, 0.2) is 0 Å². The fourth-order valence-electron chi connectivity index (χ4n) is 2.97. The first-order chi connectivity index (χ1) is 10.8. The average molecular weight is 304 g/mol. The van der Waals surface area contributed by atoms with Crippen LogP contribution in [0.3, 0.4) is 0 Å². The van der Waals surface area contributed by atoms with Crippen LogP contribution in [0, 0.1) is 5.92 Å². The first kappa shape index (κ1) is 17.0.